The van der Waals surface area contributed by atoms with Crippen molar-refractivity contribution in [1.29, 1.82) is 0 Å². The van der Waals surface area contributed by atoms with E-state index < -0.39 is 18.0 Å². The first-order valence-corrected chi connectivity index (χ1v) is 7.46. The number of aliphatic carboxylic acids is 1. The van der Waals surface area contributed by atoms with Gasteiger partial charge in [0.1, 0.15) is 6.04 Å². The number of hydrogen-bond donors (Lipinski definition) is 3. The zero-order valence-corrected chi connectivity index (χ0v) is 13.1. The minimum Gasteiger partial charge on any atom is -0.480 e. The van der Waals surface area contributed by atoms with E-state index in [1.54, 1.807) is 6.92 Å². The number of nitrogens with one attached hydrogen (secondary N) is 2. The molecule has 2 amide bonds. The normalized spacial score (nSPS) is 13.8. The zero-order chi connectivity index (χ0) is 15.5. The van der Waals surface area contributed by atoms with Gasteiger partial charge in [-0.2, -0.15) is 0 Å². The van der Waals surface area contributed by atoms with Crippen LogP contribution in [0.1, 0.15) is 47.0 Å². The van der Waals surface area contributed by atoms with Crippen LogP contribution < -0.4 is 10.6 Å². The SMILES string of the molecule is CC[C@H](NC(=O)NC(C)CCCN(CC)CC)C(=O)O. The molecule has 0 aromatic heterocycles. The van der Waals surface area contributed by atoms with Crippen molar-refractivity contribution in [2.75, 3.05) is 19.6 Å². The molecule has 0 saturated heterocycles. The molecule has 0 rings (SSSR count). The summed E-state index contributed by atoms with van der Waals surface area (Å²) in [6.07, 6.45) is 2.27. The molecule has 0 aromatic carbocycles. The maximum absolute atomic E-state index is 11.6. The topological polar surface area (TPSA) is 81.7 Å². The zero-order valence-electron chi connectivity index (χ0n) is 13.1. The third-order valence-corrected chi connectivity index (χ3v) is 3.40. The van der Waals surface area contributed by atoms with Crippen LogP contribution in [0.25, 0.3) is 0 Å². The van der Waals surface area contributed by atoms with Crippen molar-refractivity contribution in [1.82, 2.24) is 15.5 Å². The molecule has 6 heteroatoms. The molecule has 6 nitrogen and oxygen atoms in total. The number of hydrogen-bond acceptors (Lipinski definition) is 3. The standard InChI is InChI=1S/C14H29N3O3/c1-5-12(13(18)19)16-14(20)15-11(4)9-8-10-17(6-2)7-3/h11-12H,5-10H2,1-4H3,(H,18,19)(H2,15,16,20)/t11?,12-/m0/s1. The van der Waals surface area contributed by atoms with Gasteiger partial charge in [0.05, 0.1) is 0 Å². The number of nitrogens with zero attached hydrogens (tertiary/aromatic N) is 1. The lowest BCUT2D eigenvalue weighted by Crippen LogP contribution is -2.48. The number of carbonyl (C=O) groups is 2. The Kier molecular flexibility index (Phi) is 9.80. The highest BCUT2D eigenvalue weighted by molar-refractivity contribution is 5.82. The van der Waals surface area contributed by atoms with Gasteiger partial charge in [-0.25, -0.2) is 9.59 Å². The molecule has 0 bridgehead atoms. The molecule has 0 saturated carbocycles. The number of urea groups is 1. The van der Waals surface area contributed by atoms with E-state index in [1.165, 1.54) is 0 Å². The Morgan fingerprint density at radius 2 is 1.75 bits per heavy atom. The van der Waals surface area contributed by atoms with Gasteiger partial charge >= 0.3 is 12.0 Å². The Labute approximate surface area is 121 Å². The maximum atomic E-state index is 11.6. The van der Waals surface area contributed by atoms with Gasteiger partial charge in [0, 0.05) is 6.04 Å². The van der Waals surface area contributed by atoms with Gasteiger partial charge in [-0.05, 0) is 45.8 Å². The van der Waals surface area contributed by atoms with Crippen LogP contribution in [-0.4, -0.2) is 53.7 Å². The highest BCUT2D eigenvalue weighted by Crippen LogP contribution is 2.00. The first-order valence-electron chi connectivity index (χ1n) is 7.46. The molecule has 0 aromatic rings. The van der Waals surface area contributed by atoms with Crippen molar-refractivity contribution in [3.63, 3.8) is 0 Å². The van der Waals surface area contributed by atoms with Crippen molar-refractivity contribution in [2.24, 2.45) is 0 Å². The van der Waals surface area contributed by atoms with Crippen LogP contribution in [0.2, 0.25) is 0 Å². The predicted octanol–water partition coefficient (Wildman–Crippen LogP) is 1.66. The quantitative estimate of drug-likeness (QED) is 0.571. The Hall–Kier alpha value is -1.30. The molecule has 1 unspecified atom stereocenters. The fourth-order valence-corrected chi connectivity index (χ4v) is 2.00. The summed E-state index contributed by atoms with van der Waals surface area (Å²) >= 11 is 0. The molecule has 0 spiro atoms. The van der Waals surface area contributed by atoms with Gasteiger partial charge in [-0.1, -0.05) is 20.8 Å². The van der Waals surface area contributed by atoms with Crippen LogP contribution in [0.15, 0.2) is 0 Å². The average molecular weight is 287 g/mol. The summed E-state index contributed by atoms with van der Waals surface area (Å²) in [7, 11) is 0. The number of carboxylic acids is 1. The van der Waals surface area contributed by atoms with Crippen molar-refractivity contribution >= 4 is 12.0 Å². The summed E-state index contributed by atoms with van der Waals surface area (Å²) in [5.41, 5.74) is 0. The molecule has 0 heterocycles. The van der Waals surface area contributed by atoms with Crippen LogP contribution in [0.4, 0.5) is 4.79 Å². The molecule has 3 N–H and O–H groups in total. The number of carboxylic acid groups (broad SMARTS) is 1. The van der Waals surface area contributed by atoms with Crippen LogP contribution in [0.5, 0.6) is 0 Å². The monoisotopic (exact) mass is 287 g/mol. The number of rotatable bonds is 10. The predicted molar refractivity (Wildman–Crippen MR) is 79.9 cm³/mol. The highest BCUT2D eigenvalue weighted by Gasteiger charge is 2.18. The number of amides is 2. The molecular weight excluding hydrogens is 258 g/mol. The summed E-state index contributed by atoms with van der Waals surface area (Å²) in [5, 5.41) is 14.1. The molecule has 0 aliphatic carbocycles. The minimum atomic E-state index is -1.00. The lowest BCUT2D eigenvalue weighted by Gasteiger charge is -2.20. The Morgan fingerprint density at radius 1 is 1.15 bits per heavy atom. The molecule has 118 valence electrons. The summed E-state index contributed by atoms with van der Waals surface area (Å²) in [4.78, 5) is 24.8. The summed E-state index contributed by atoms with van der Waals surface area (Å²) in [6, 6.07) is -1.19. The molecule has 0 fully saturated rings. The second kappa shape index (κ2) is 10.5. The van der Waals surface area contributed by atoms with Crippen molar-refractivity contribution in [2.45, 2.75) is 59.0 Å². The van der Waals surface area contributed by atoms with Crippen molar-refractivity contribution in [3.05, 3.63) is 0 Å². The third-order valence-electron chi connectivity index (χ3n) is 3.40. The van der Waals surface area contributed by atoms with E-state index in [4.69, 9.17) is 5.11 Å². The molecular formula is C14H29N3O3. The Bertz CT molecular complexity index is 293. The lowest BCUT2D eigenvalue weighted by molar-refractivity contribution is -0.139. The van der Waals surface area contributed by atoms with E-state index in [9.17, 15) is 9.59 Å². The van der Waals surface area contributed by atoms with Gasteiger partial charge in [-0.15, -0.1) is 0 Å². The van der Waals surface area contributed by atoms with Gasteiger partial charge < -0.3 is 20.6 Å². The molecule has 0 aliphatic rings. The summed E-state index contributed by atoms with van der Waals surface area (Å²) in [6.45, 7) is 11.0. The van der Waals surface area contributed by atoms with Crippen LogP contribution in [0, 0.1) is 0 Å². The molecule has 20 heavy (non-hydrogen) atoms. The fraction of sp³-hybridized carbons (Fsp3) is 0.857. The average Bonchev–Trinajstić information content (AvgIpc) is 2.40. The van der Waals surface area contributed by atoms with Gasteiger partial charge in [0.25, 0.3) is 0 Å². The van der Waals surface area contributed by atoms with E-state index in [0.717, 1.165) is 32.5 Å². The van der Waals surface area contributed by atoms with Gasteiger partial charge in [-0.3, -0.25) is 0 Å². The van der Waals surface area contributed by atoms with E-state index in [-0.39, 0.29) is 6.04 Å². The summed E-state index contributed by atoms with van der Waals surface area (Å²) < 4.78 is 0. The second-order valence-corrected chi connectivity index (χ2v) is 4.99. The molecule has 0 radical (unpaired) electrons. The third kappa shape index (κ3) is 7.99. The van der Waals surface area contributed by atoms with Crippen LogP contribution in [-0.2, 0) is 4.79 Å². The van der Waals surface area contributed by atoms with E-state index >= 15 is 0 Å². The minimum absolute atomic E-state index is 0.0388. The largest absolute Gasteiger partial charge is 0.480 e. The van der Waals surface area contributed by atoms with Crippen molar-refractivity contribution in [3.8, 4) is 0 Å². The summed E-state index contributed by atoms with van der Waals surface area (Å²) in [5.74, 6) is -1.00. The van der Waals surface area contributed by atoms with E-state index in [2.05, 4.69) is 29.4 Å². The lowest BCUT2D eigenvalue weighted by atomic mass is 10.1. The molecule has 0 aliphatic heterocycles. The Morgan fingerprint density at radius 3 is 2.20 bits per heavy atom. The van der Waals surface area contributed by atoms with Gasteiger partial charge in [0.15, 0.2) is 0 Å². The maximum Gasteiger partial charge on any atom is 0.326 e. The van der Waals surface area contributed by atoms with Gasteiger partial charge in [0.2, 0.25) is 0 Å². The highest BCUT2D eigenvalue weighted by atomic mass is 16.4. The second-order valence-electron chi connectivity index (χ2n) is 4.99. The first kappa shape index (κ1) is 18.7. The Balaban J connectivity index is 3.93. The smallest absolute Gasteiger partial charge is 0.326 e. The fourth-order valence-electron chi connectivity index (χ4n) is 2.00. The van der Waals surface area contributed by atoms with Crippen LogP contribution >= 0.6 is 0 Å². The van der Waals surface area contributed by atoms with Crippen LogP contribution in [0.3, 0.4) is 0 Å². The van der Waals surface area contributed by atoms with E-state index in [1.807, 2.05) is 6.92 Å². The molecule has 2 atom stereocenters. The first-order chi connectivity index (χ1) is 9.44. The van der Waals surface area contributed by atoms with E-state index in [0.29, 0.717) is 6.42 Å². The van der Waals surface area contributed by atoms with Crippen molar-refractivity contribution < 1.29 is 14.7 Å². The number of carbonyl (C=O) groups excluding carboxylic acids is 1.